The average Bonchev–Trinajstić information content (AvgIpc) is 1.93. The Balaban J connectivity index is 2.66. The fraction of sp³-hybridized carbons (Fsp3) is 0.375. The van der Waals surface area contributed by atoms with Gasteiger partial charge in [-0.25, -0.2) is 4.98 Å². The lowest BCUT2D eigenvalue weighted by Gasteiger charge is -2.02. The molecule has 0 aromatic carbocycles. The third-order valence-corrected chi connectivity index (χ3v) is 2.65. The maximum atomic E-state index is 4.27. The molecule has 0 atom stereocenters. The van der Waals surface area contributed by atoms with Gasteiger partial charge in [-0.3, -0.25) is 0 Å². The van der Waals surface area contributed by atoms with Gasteiger partial charge in [0.15, 0.2) is 0 Å². The van der Waals surface area contributed by atoms with Crippen molar-refractivity contribution in [3.63, 3.8) is 0 Å². The molecule has 0 saturated carbocycles. The minimum atomic E-state index is 0.613. The Morgan fingerprint density at radius 2 is 2.18 bits per heavy atom. The first-order chi connectivity index (χ1) is 5.18. The summed E-state index contributed by atoms with van der Waals surface area (Å²) in [6.07, 6.45) is 1.89. The predicted molar refractivity (Wildman–Crippen MR) is 57.9 cm³/mol. The highest BCUT2D eigenvalue weighted by Crippen LogP contribution is 2.20. The summed E-state index contributed by atoms with van der Waals surface area (Å²) in [4.78, 5) is 4.27. The minimum Gasteiger partial charge on any atom is -0.249 e. The van der Waals surface area contributed by atoms with Gasteiger partial charge in [0.1, 0.15) is 0 Å². The van der Waals surface area contributed by atoms with Crippen LogP contribution in [-0.2, 0) is 0 Å². The molecule has 60 valence electrons. The van der Waals surface area contributed by atoms with Crippen LogP contribution < -0.4 is 0 Å². The topological polar surface area (TPSA) is 12.9 Å². The van der Waals surface area contributed by atoms with Gasteiger partial charge >= 0.3 is 0 Å². The van der Waals surface area contributed by atoms with Crippen LogP contribution in [0.3, 0.4) is 0 Å². The van der Waals surface area contributed by atoms with E-state index in [2.05, 4.69) is 53.6 Å². The molecule has 0 amide bonds. The second-order valence-electron chi connectivity index (χ2n) is 2.48. The molecule has 0 bridgehead atoms. The summed E-state index contributed by atoms with van der Waals surface area (Å²) in [5, 5.41) is 1.72. The van der Waals surface area contributed by atoms with E-state index in [1.807, 2.05) is 6.20 Å². The van der Waals surface area contributed by atoms with Crippen molar-refractivity contribution in [1.82, 2.24) is 4.98 Å². The van der Waals surface area contributed by atoms with Gasteiger partial charge in [-0.1, -0.05) is 13.8 Å². The lowest BCUT2D eigenvalue weighted by Crippen LogP contribution is -1.88. The van der Waals surface area contributed by atoms with E-state index < -0.39 is 0 Å². The zero-order valence-corrected chi connectivity index (χ0v) is 9.52. The smallest absolute Gasteiger partial charge is 0.0963 e. The fourth-order valence-electron chi connectivity index (χ4n) is 0.673. The Morgan fingerprint density at radius 3 is 2.64 bits per heavy atom. The molecule has 0 saturated heterocycles. The van der Waals surface area contributed by atoms with Gasteiger partial charge in [-0.2, -0.15) is 0 Å². The van der Waals surface area contributed by atoms with Crippen LogP contribution in [0, 0.1) is 3.57 Å². The van der Waals surface area contributed by atoms with E-state index in [4.69, 9.17) is 0 Å². The largest absolute Gasteiger partial charge is 0.249 e. The van der Waals surface area contributed by atoms with Crippen LogP contribution in [0.2, 0.25) is 0 Å². The average molecular weight is 279 g/mol. The number of rotatable bonds is 2. The maximum Gasteiger partial charge on any atom is 0.0963 e. The van der Waals surface area contributed by atoms with E-state index in [0.717, 1.165) is 5.03 Å². The number of hydrogen-bond donors (Lipinski definition) is 0. The molecule has 0 aliphatic carbocycles. The summed E-state index contributed by atoms with van der Waals surface area (Å²) in [6.45, 7) is 4.34. The van der Waals surface area contributed by atoms with E-state index in [0.29, 0.717) is 5.25 Å². The molecule has 0 unspecified atom stereocenters. The number of halogens is 1. The summed E-state index contributed by atoms with van der Waals surface area (Å²) < 4.78 is 1.19. The van der Waals surface area contributed by atoms with Crippen LogP contribution in [-0.4, -0.2) is 10.2 Å². The van der Waals surface area contributed by atoms with Crippen molar-refractivity contribution in [3.05, 3.63) is 21.9 Å². The van der Waals surface area contributed by atoms with Crippen molar-refractivity contribution in [3.8, 4) is 0 Å². The second-order valence-corrected chi connectivity index (χ2v) is 5.32. The van der Waals surface area contributed by atoms with Crippen molar-refractivity contribution in [1.29, 1.82) is 0 Å². The Hall–Kier alpha value is 0.230. The Morgan fingerprint density at radius 1 is 1.45 bits per heavy atom. The van der Waals surface area contributed by atoms with E-state index in [1.165, 1.54) is 3.57 Å². The zero-order valence-electron chi connectivity index (χ0n) is 6.54. The first-order valence-corrected chi connectivity index (χ1v) is 5.42. The van der Waals surface area contributed by atoms with Crippen LogP contribution in [0.1, 0.15) is 13.8 Å². The van der Waals surface area contributed by atoms with Crippen LogP contribution >= 0.6 is 34.4 Å². The monoisotopic (exact) mass is 279 g/mol. The predicted octanol–water partition coefficient (Wildman–Crippen LogP) is 3.19. The first kappa shape index (κ1) is 9.32. The first-order valence-electron chi connectivity index (χ1n) is 3.46. The highest BCUT2D eigenvalue weighted by molar-refractivity contribution is 14.1. The normalized spacial score (nSPS) is 10.5. The standard InChI is InChI=1S/C8H10INS/c1-6(2)11-8-4-3-7(9)5-10-8/h3-6H,1-2H3. The highest BCUT2D eigenvalue weighted by Gasteiger charge is 1.97. The molecule has 0 radical (unpaired) electrons. The summed E-state index contributed by atoms with van der Waals surface area (Å²) in [5.74, 6) is 0. The van der Waals surface area contributed by atoms with Gasteiger partial charge in [-0.15, -0.1) is 11.8 Å². The molecule has 0 N–H and O–H groups in total. The maximum absolute atomic E-state index is 4.27. The summed E-state index contributed by atoms with van der Waals surface area (Å²) in [6, 6.07) is 4.14. The molecule has 1 heterocycles. The van der Waals surface area contributed by atoms with Crippen LogP contribution in [0.15, 0.2) is 23.4 Å². The molecular weight excluding hydrogens is 269 g/mol. The lowest BCUT2D eigenvalue weighted by molar-refractivity contribution is 1.07. The molecule has 11 heavy (non-hydrogen) atoms. The van der Waals surface area contributed by atoms with Crippen LogP contribution in [0.5, 0.6) is 0 Å². The molecule has 1 aromatic heterocycles. The Labute approximate surface area is 85.1 Å². The number of thioether (sulfide) groups is 1. The van der Waals surface area contributed by atoms with Crippen molar-refractivity contribution in [2.45, 2.75) is 24.1 Å². The molecular formula is C8H10INS. The third kappa shape index (κ3) is 3.42. The van der Waals surface area contributed by atoms with Gasteiger partial charge in [-0.05, 0) is 34.7 Å². The Bertz CT molecular complexity index is 220. The molecule has 0 fully saturated rings. The van der Waals surface area contributed by atoms with E-state index in [-0.39, 0.29) is 0 Å². The molecule has 1 aromatic rings. The van der Waals surface area contributed by atoms with Crippen molar-refractivity contribution >= 4 is 34.4 Å². The molecule has 1 nitrogen and oxygen atoms in total. The van der Waals surface area contributed by atoms with Gasteiger partial charge in [0.25, 0.3) is 0 Å². The minimum absolute atomic E-state index is 0.613. The van der Waals surface area contributed by atoms with Crippen LogP contribution in [0.4, 0.5) is 0 Å². The summed E-state index contributed by atoms with van der Waals surface area (Å²) >= 11 is 4.05. The SMILES string of the molecule is CC(C)Sc1ccc(I)cn1. The fourth-order valence-corrected chi connectivity index (χ4v) is 1.74. The number of nitrogens with zero attached hydrogens (tertiary/aromatic N) is 1. The van der Waals surface area contributed by atoms with Gasteiger partial charge in [0.05, 0.1) is 5.03 Å². The van der Waals surface area contributed by atoms with E-state index in [1.54, 1.807) is 11.8 Å². The van der Waals surface area contributed by atoms with Gasteiger partial charge in [0, 0.05) is 15.0 Å². The second kappa shape index (κ2) is 4.30. The van der Waals surface area contributed by atoms with E-state index >= 15 is 0 Å². The van der Waals surface area contributed by atoms with Crippen molar-refractivity contribution in [2.24, 2.45) is 0 Å². The lowest BCUT2D eigenvalue weighted by atomic mass is 10.5. The van der Waals surface area contributed by atoms with Gasteiger partial charge < -0.3 is 0 Å². The molecule has 0 aliphatic heterocycles. The van der Waals surface area contributed by atoms with Crippen molar-refractivity contribution in [2.75, 3.05) is 0 Å². The molecule has 0 aliphatic rings. The quantitative estimate of drug-likeness (QED) is 0.609. The van der Waals surface area contributed by atoms with Crippen LogP contribution in [0.25, 0.3) is 0 Å². The number of aromatic nitrogens is 1. The van der Waals surface area contributed by atoms with Gasteiger partial charge in [0.2, 0.25) is 0 Å². The number of pyridine rings is 1. The molecule has 1 rings (SSSR count). The molecule has 0 spiro atoms. The van der Waals surface area contributed by atoms with E-state index in [9.17, 15) is 0 Å². The molecule has 3 heteroatoms. The number of hydrogen-bond acceptors (Lipinski definition) is 2. The third-order valence-electron chi connectivity index (χ3n) is 1.06. The van der Waals surface area contributed by atoms with Crippen molar-refractivity contribution < 1.29 is 0 Å². The zero-order chi connectivity index (χ0) is 8.27. The summed E-state index contributed by atoms with van der Waals surface area (Å²) in [7, 11) is 0. The Kier molecular flexibility index (Phi) is 3.65. The highest BCUT2D eigenvalue weighted by atomic mass is 127. The summed E-state index contributed by atoms with van der Waals surface area (Å²) in [5.41, 5.74) is 0.